The molecule has 7 heteroatoms. The third-order valence-corrected chi connectivity index (χ3v) is 6.31. The number of nitrogens with one attached hydrogen (secondary N) is 1. The highest BCUT2D eigenvalue weighted by Crippen LogP contribution is 2.56. The van der Waals surface area contributed by atoms with Crippen LogP contribution in [0.3, 0.4) is 0 Å². The van der Waals surface area contributed by atoms with Gasteiger partial charge in [-0.05, 0) is 72.3 Å². The second-order valence-corrected chi connectivity index (χ2v) is 7.90. The number of nitrogens with zero attached hydrogens (tertiary/aromatic N) is 1. The Morgan fingerprint density at radius 3 is 2.65 bits per heavy atom. The summed E-state index contributed by atoms with van der Waals surface area (Å²) in [6.45, 7) is 2.15. The fraction of sp³-hybridized carbons (Fsp3) is 0.421. The number of halogens is 3. The number of amides is 1. The molecule has 138 valence electrons. The largest absolute Gasteiger partial charge is 0.331 e. The molecule has 1 aliphatic heterocycles. The van der Waals surface area contributed by atoms with Crippen molar-refractivity contribution in [3.8, 4) is 0 Å². The molecule has 1 aromatic heterocycles. The van der Waals surface area contributed by atoms with Gasteiger partial charge in [0.15, 0.2) is 17.5 Å². The molecule has 2 aliphatic rings. The Labute approximate surface area is 153 Å². The van der Waals surface area contributed by atoms with Gasteiger partial charge < -0.3 is 10.2 Å². The molecule has 1 spiro atoms. The first-order valence-electron chi connectivity index (χ1n) is 8.68. The smallest absolute Gasteiger partial charge is 0.257 e. The van der Waals surface area contributed by atoms with Crippen molar-refractivity contribution in [2.24, 2.45) is 5.41 Å². The van der Waals surface area contributed by atoms with Gasteiger partial charge in [0, 0.05) is 12.6 Å². The number of rotatable bonds is 4. The molecule has 0 bridgehead atoms. The monoisotopic (exact) mass is 380 g/mol. The van der Waals surface area contributed by atoms with Crippen LogP contribution in [0.25, 0.3) is 0 Å². The van der Waals surface area contributed by atoms with Crippen molar-refractivity contribution in [2.75, 3.05) is 13.1 Å². The summed E-state index contributed by atoms with van der Waals surface area (Å²) in [4.78, 5) is 14.7. The first kappa shape index (κ1) is 17.5. The zero-order valence-corrected chi connectivity index (χ0v) is 14.9. The summed E-state index contributed by atoms with van der Waals surface area (Å²) in [6, 6.07) is 3.77. The fourth-order valence-corrected chi connectivity index (χ4v) is 4.64. The standard InChI is InChI=1S/C19H19F3N2OS/c20-14-2-1-13(16(21)17(14)22)18(25)24(10-12-3-8-26-11-12)15-9-19(15)4-6-23-7-5-19/h1-3,8,11,15,23H,4-7,9-10H2. The molecule has 1 N–H and O–H groups in total. The third-order valence-electron chi connectivity index (χ3n) is 5.58. The number of thiophene rings is 1. The van der Waals surface area contributed by atoms with E-state index in [2.05, 4.69) is 5.32 Å². The molecule has 2 aromatic rings. The van der Waals surface area contributed by atoms with Crippen molar-refractivity contribution in [3.63, 3.8) is 0 Å². The number of piperidine rings is 1. The summed E-state index contributed by atoms with van der Waals surface area (Å²) < 4.78 is 41.1. The van der Waals surface area contributed by atoms with E-state index in [-0.39, 0.29) is 11.5 Å². The van der Waals surface area contributed by atoms with E-state index in [0.717, 1.165) is 50.0 Å². The van der Waals surface area contributed by atoms with Crippen molar-refractivity contribution < 1.29 is 18.0 Å². The summed E-state index contributed by atoms with van der Waals surface area (Å²) in [5, 5.41) is 7.18. The van der Waals surface area contributed by atoms with Gasteiger partial charge in [0.2, 0.25) is 0 Å². The van der Waals surface area contributed by atoms with Gasteiger partial charge >= 0.3 is 0 Å². The average Bonchev–Trinajstić information content (AvgIpc) is 3.07. The Bertz CT molecular complexity index is 818. The third kappa shape index (κ3) is 3.03. The van der Waals surface area contributed by atoms with Gasteiger partial charge in [-0.15, -0.1) is 0 Å². The Kier molecular flexibility index (Phi) is 4.52. The molecule has 2 fully saturated rings. The average molecular weight is 380 g/mol. The van der Waals surface area contributed by atoms with Crippen LogP contribution in [0.2, 0.25) is 0 Å². The summed E-state index contributed by atoms with van der Waals surface area (Å²) >= 11 is 1.52. The van der Waals surface area contributed by atoms with Crippen molar-refractivity contribution in [2.45, 2.75) is 31.8 Å². The molecule has 1 aromatic carbocycles. The van der Waals surface area contributed by atoms with Crippen molar-refractivity contribution in [1.29, 1.82) is 0 Å². The zero-order chi connectivity index (χ0) is 18.3. The Morgan fingerprint density at radius 2 is 1.96 bits per heavy atom. The molecular formula is C19H19F3N2OS. The van der Waals surface area contributed by atoms with Crippen molar-refractivity contribution in [1.82, 2.24) is 10.2 Å². The minimum absolute atomic E-state index is 0.00418. The lowest BCUT2D eigenvalue weighted by Gasteiger charge is -2.29. The lowest BCUT2D eigenvalue weighted by molar-refractivity contribution is 0.0686. The summed E-state index contributed by atoms with van der Waals surface area (Å²) in [5.74, 6) is -4.87. The maximum Gasteiger partial charge on any atom is 0.257 e. The van der Waals surface area contributed by atoms with Gasteiger partial charge in [0.1, 0.15) is 0 Å². The van der Waals surface area contributed by atoms with E-state index in [4.69, 9.17) is 0 Å². The Balaban J connectivity index is 1.65. The normalized spacial score (nSPS) is 21.0. The summed E-state index contributed by atoms with van der Waals surface area (Å²) in [7, 11) is 0. The van der Waals surface area contributed by atoms with Gasteiger partial charge in [0.05, 0.1) is 5.56 Å². The second-order valence-electron chi connectivity index (χ2n) is 7.12. The predicted molar refractivity (Wildman–Crippen MR) is 93.5 cm³/mol. The van der Waals surface area contributed by atoms with Crippen LogP contribution < -0.4 is 5.32 Å². The van der Waals surface area contributed by atoms with Crippen LogP contribution in [0.15, 0.2) is 29.0 Å². The predicted octanol–water partition coefficient (Wildman–Crippen LogP) is 3.95. The quantitative estimate of drug-likeness (QED) is 0.815. The Morgan fingerprint density at radius 1 is 1.19 bits per heavy atom. The van der Waals surface area contributed by atoms with E-state index in [1.807, 2.05) is 16.8 Å². The van der Waals surface area contributed by atoms with E-state index in [1.54, 1.807) is 4.90 Å². The van der Waals surface area contributed by atoms with Gasteiger partial charge in [-0.25, -0.2) is 13.2 Å². The molecule has 26 heavy (non-hydrogen) atoms. The van der Waals surface area contributed by atoms with Crippen LogP contribution in [0.5, 0.6) is 0 Å². The zero-order valence-electron chi connectivity index (χ0n) is 14.1. The molecule has 1 saturated carbocycles. The van der Waals surface area contributed by atoms with Gasteiger partial charge in [0.25, 0.3) is 5.91 Å². The highest BCUT2D eigenvalue weighted by molar-refractivity contribution is 7.07. The van der Waals surface area contributed by atoms with Crippen LogP contribution in [-0.4, -0.2) is 29.9 Å². The highest BCUT2D eigenvalue weighted by atomic mass is 32.1. The van der Waals surface area contributed by atoms with Crippen molar-refractivity contribution >= 4 is 17.2 Å². The van der Waals surface area contributed by atoms with Crippen LogP contribution >= 0.6 is 11.3 Å². The van der Waals surface area contributed by atoms with Crippen LogP contribution in [0.4, 0.5) is 13.2 Å². The number of hydrogen-bond donors (Lipinski definition) is 1. The first-order chi connectivity index (χ1) is 12.5. The summed E-state index contributed by atoms with van der Waals surface area (Å²) in [6.07, 6.45) is 2.80. The van der Waals surface area contributed by atoms with Crippen LogP contribution in [0.1, 0.15) is 35.2 Å². The molecule has 4 rings (SSSR count). The lowest BCUT2D eigenvalue weighted by Crippen LogP contribution is -2.39. The molecule has 1 amide bonds. The van der Waals surface area contributed by atoms with E-state index in [9.17, 15) is 18.0 Å². The van der Waals surface area contributed by atoms with E-state index in [1.165, 1.54) is 11.3 Å². The lowest BCUT2D eigenvalue weighted by atomic mass is 9.93. The number of carbonyl (C=O) groups is 1. The molecule has 2 heterocycles. The highest BCUT2D eigenvalue weighted by Gasteiger charge is 2.58. The van der Waals surface area contributed by atoms with Crippen molar-refractivity contribution in [3.05, 3.63) is 57.5 Å². The van der Waals surface area contributed by atoms with Gasteiger partial charge in [-0.3, -0.25) is 4.79 Å². The molecule has 0 radical (unpaired) electrons. The minimum Gasteiger partial charge on any atom is -0.331 e. The molecule has 1 atom stereocenters. The van der Waals surface area contributed by atoms with E-state index < -0.39 is 28.9 Å². The van der Waals surface area contributed by atoms with E-state index >= 15 is 0 Å². The fourth-order valence-electron chi connectivity index (χ4n) is 3.98. The number of carbonyl (C=O) groups excluding carboxylic acids is 1. The topological polar surface area (TPSA) is 32.3 Å². The minimum atomic E-state index is -1.60. The van der Waals surface area contributed by atoms with Crippen LogP contribution in [-0.2, 0) is 6.54 Å². The maximum atomic E-state index is 14.2. The molecule has 1 unspecified atom stereocenters. The Hall–Kier alpha value is -1.86. The number of benzene rings is 1. The molecular weight excluding hydrogens is 361 g/mol. The van der Waals surface area contributed by atoms with Gasteiger partial charge in [-0.2, -0.15) is 11.3 Å². The summed E-state index contributed by atoms with van der Waals surface area (Å²) in [5.41, 5.74) is 0.615. The van der Waals surface area contributed by atoms with Crippen LogP contribution in [0, 0.1) is 22.9 Å². The molecule has 1 saturated heterocycles. The van der Waals surface area contributed by atoms with Gasteiger partial charge in [-0.1, -0.05) is 0 Å². The SMILES string of the molecule is O=C(c1ccc(F)c(F)c1F)N(Cc1ccsc1)C1CC12CCNCC2. The molecule has 1 aliphatic carbocycles. The second kappa shape index (κ2) is 6.70. The van der Waals surface area contributed by atoms with E-state index in [0.29, 0.717) is 6.54 Å². The first-order valence-corrected chi connectivity index (χ1v) is 9.62. The molecule has 3 nitrogen and oxygen atoms in total. The number of hydrogen-bond acceptors (Lipinski definition) is 3. The maximum absolute atomic E-state index is 14.2.